The van der Waals surface area contributed by atoms with E-state index in [1.165, 1.54) is 0 Å². The van der Waals surface area contributed by atoms with E-state index in [0.29, 0.717) is 0 Å². The number of rotatable bonds is 0. The summed E-state index contributed by atoms with van der Waals surface area (Å²) < 4.78 is 83.2. The van der Waals surface area contributed by atoms with Crippen molar-refractivity contribution in [2.24, 2.45) is 0 Å². The van der Waals surface area contributed by atoms with Crippen LogP contribution in [0.4, 0.5) is 18.6 Å². The van der Waals surface area contributed by atoms with E-state index in [2.05, 4.69) is 0 Å². The van der Waals surface area contributed by atoms with E-state index in [1.807, 2.05) is 0 Å². The maximum atomic E-state index is 10.5. The Morgan fingerprint density at radius 1 is 0.800 bits per heavy atom. The zero-order valence-electron chi connectivity index (χ0n) is 4.07. The van der Waals surface area contributed by atoms with Crippen molar-refractivity contribution in [1.29, 1.82) is 0 Å². The van der Waals surface area contributed by atoms with Gasteiger partial charge in [-0.25, -0.2) is 0 Å². The summed E-state index contributed by atoms with van der Waals surface area (Å²) in [6.45, 7) is 0. The van der Waals surface area contributed by atoms with Gasteiger partial charge in [0.05, 0.1) is 0 Å². The molecule has 0 aromatic rings. The Morgan fingerprint density at radius 3 is 0.800 bits per heavy atom. The molecule has 0 aromatic heterocycles. The Morgan fingerprint density at radius 2 is 0.800 bits per heavy atom. The van der Waals surface area contributed by atoms with E-state index in [1.54, 1.807) is 0 Å². The standard InChI is InChI=1S/6FH.2H2O.O.Ti/h6*1H;2*1H2;;/q;;;;;;;;;+8/p-8. The van der Waals surface area contributed by atoms with Crippen molar-refractivity contribution in [2.75, 3.05) is 0 Å². The molecule has 0 amide bonds. The van der Waals surface area contributed by atoms with Crippen LogP contribution in [0.3, 0.4) is 0 Å². The minimum atomic E-state index is -16.0. The Balaban J connectivity index is 6.95. The van der Waals surface area contributed by atoms with E-state index in [0.717, 1.165) is 0 Å². The molecule has 0 saturated heterocycles. The Bertz CT molecular complexity index is 309. The summed E-state index contributed by atoms with van der Waals surface area (Å²) in [6, 6.07) is 0. The molecule has 0 aliphatic rings. The van der Waals surface area contributed by atoms with Gasteiger partial charge in [0.2, 0.25) is 0 Å². The molecule has 0 radical (unpaired) electrons. The van der Waals surface area contributed by atoms with Crippen molar-refractivity contribution in [2.45, 2.75) is 0 Å². The Kier molecular flexibility index (Phi) is 0.447. The van der Waals surface area contributed by atoms with Crippen LogP contribution in [-0.4, -0.2) is 7.38 Å². The second kappa shape index (κ2) is 0.446. The molecule has 0 saturated carbocycles. The molecule has 0 aliphatic heterocycles. The molecule has 0 aromatic carbocycles. The van der Waals surface area contributed by atoms with Gasteiger partial charge in [0, 0.05) is 0 Å². The molecular weight excluding hydrogens is 210 g/mol. The van der Waals surface area contributed by atoms with Crippen LogP contribution in [0.2, 0.25) is 0 Å². The van der Waals surface area contributed by atoms with Gasteiger partial charge in [-0.15, -0.1) is 0 Å². The first-order chi connectivity index (χ1) is 3.00. The normalized spacial score (nSPS) is 35.0. The molecule has 0 atom stereocenters. The second-order valence-corrected chi connectivity index (χ2v) is 11.7. The van der Waals surface area contributed by atoms with Crippen LogP contribution in [0, 0.1) is 0 Å². The van der Waals surface area contributed by atoms with E-state index in [4.69, 9.17) is 10.7 Å². The topological polar surface area (TPSA) is 57.5 Å². The van der Waals surface area contributed by atoms with Crippen molar-refractivity contribution in [1.82, 2.24) is 0 Å². The first-order valence-corrected chi connectivity index (χ1v) is 7.36. The maximum absolute atomic E-state index is 16.0. The third-order valence-electron chi connectivity index (χ3n) is 0. The Labute approximate surface area is 44.2 Å². The molecule has 10 heteroatoms. The van der Waals surface area contributed by atoms with E-state index >= 15 is 0 Å². The molecule has 0 bridgehead atoms. The van der Waals surface area contributed by atoms with Gasteiger partial charge < -0.3 is 0 Å². The summed E-state index contributed by atoms with van der Waals surface area (Å²) in [5.74, 6) is 0. The van der Waals surface area contributed by atoms with E-state index < -0.39 is 14.1 Å². The predicted molar refractivity (Wildman–Crippen MR) is 11.8 cm³/mol. The summed E-state index contributed by atoms with van der Waals surface area (Å²) in [5, 5.41) is 0. The fourth-order valence-corrected chi connectivity index (χ4v) is 0. The van der Waals surface area contributed by atoms with Gasteiger partial charge >= 0.3 is 43.4 Å². The molecule has 10 heavy (non-hydrogen) atoms. The van der Waals surface area contributed by atoms with Gasteiger partial charge in [-0.05, 0) is 0 Å². The molecule has 0 heterocycles. The average molecular weight is 212 g/mol. The van der Waals surface area contributed by atoms with Gasteiger partial charge in [-0.1, -0.05) is 0 Å². The fraction of sp³-hybridized carbons (Fsp3) is 0. The summed E-state index contributed by atoms with van der Waals surface area (Å²) in [6.07, 6.45) is 0. The van der Waals surface area contributed by atoms with Crippen molar-refractivity contribution < 1.29 is 43.4 Å². The molecule has 0 spiro atoms. The third kappa shape index (κ3) is 1930000. The van der Waals surface area contributed by atoms with Crippen molar-refractivity contribution in [3.8, 4) is 0 Å². The zero-order valence-corrected chi connectivity index (χ0v) is 5.63. The summed E-state index contributed by atoms with van der Waals surface area (Å²) in [4.78, 5) is 0. The van der Waals surface area contributed by atoms with Crippen LogP contribution in [0.5, 0.6) is 0 Å². The fourth-order valence-electron chi connectivity index (χ4n) is 0. The van der Waals surface area contributed by atoms with E-state index in [9.17, 15) is 18.6 Å². The monoisotopic (exact) mass is 212 g/mol. The third-order valence-corrected chi connectivity index (χ3v) is 0. The van der Waals surface area contributed by atoms with Gasteiger partial charge in [-0.3, -0.25) is 0 Å². The van der Waals surface area contributed by atoms with Crippen molar-refractivity contribution in [3.05, 3.63) is 0 Å². The first-order valence-electron chi connectivity index (χ1n) is 1.79. The van der Waals surface area contributed by atoms with Crippen LogP contribution in [0.15, 0.2) is 0 Å². The zero-order chi connectivity index (χ0) is 9.33. The summed E-state index contributed by atoms with van der Waals surface area (Å²) in [7, 11) is 0. The first kappa shape index (κ1) is 10.0. The number of halogens is 6. The van der Waals surface area contributed by atoms with Crippen molar-refractivity contribution >= 4 is 0 Å². The minimum absolute atomic E-state index is 6.00. The van der Waals surface area contributed by atoms with Crippen LogP contribution in [0.1, 0.15) is 0 Å². The van der Waals surface area contributed by atoms with Crippen LogP contribution >= 0.6 is 0 Å². The predicted octanol–water partition coefficient (Wildman–Crippen LogP) is 1.29. The molecule has 0 fully saturated rings. The van der Waals surface area contributed by atoms with Crippen LogP contribution < -0.4 is 0 Å². The van der Waals surface area contributed by atoms with Gasteiger partial charge in [0.25, 0.3) is 0 Å². The second-order valence-electron chi connectivity index (χ2n) is 2.83. The molecular formula is H2F6O3Ti. The molecule has 3 nitrogen and oxygen atoms in total. The average Bonchev–Trinajstić information content (AvgIpc) is 0.469. The van der Waals surface area contributed by atoms with Crippen LogP contribution in [0.25, 0.3) is 0 Å². The molecule has 0 aliphatic carbocycles. The van der Waals surface area contributed by atoms with Gasteiger partial charge in [-0.2, -0.15) is 0 Å². The molecule has 0 unspecified atom stereocenters. The van der Waals surface area contributed by atoms with Gasteiger partial charge in [0.15, 0.2) is 0 Å². The van der Waals surface area contributed by atoms with E-state index in [-0.39, 0.29) is 0 Å². The molecule has 0 rings (SSSR count). The summed E-state index contributed by atoms with van der Waals surface area (Å²) >= 11 is -16.0. The Hall–Kier alpha value is 0.0143. The number of hydrogen-bond acceptors (Lipinski definition) is 1. The number of hydrogen-bond donors (Lipinski definition) is 2. The quantitative estimate of drug-likeness (QED) is 0.469. The SMILES string of the molecule is [O]=[Ti]([OH])([OH])([F])([F])([F])([F])([F])[F]. The van der Waals surface area contributed by atoms with Gasteiger partial charge in [0.1, 0.15) is 0 Å². The van der Waals surface area contributed by atoms with Crippen molar-refractivity contribution in [3.63, 3.8) is 0 Å². The van der Waals surface area contributed by atoms with Crippen LogP contribution in [-0.2, 0) is 17.5 Å². The molecule has 66 valence electrons. The summed E-state index contributed by atoms with van der Waals surface area (Å²) in [5.41, 5.74) is 0. The molecule has 2 N–H and O–H groups in total.